The van der Waals surface area contributed by atoms with Crippen molar-refractivity contribution in [1.82, 2.24) is 4.98 Å². The molecule has 0 saturated heterocycles. The van der Waals surface area contributed by atoms with E-state index >= 15 is 0 Å². The molecule has 0 bridgehead atoms. The Hall–Kier alpha value is -1.49. The molecular weight excluding hydrogens is 182 g/mol. The number of aromatic nitrogens is 1. The molecule has 0 aliphatic carbocycles. The van der Waals surface area contributed by atoms with E-state index in [1.54, 1.807) is 6.07 Å². The summed E-state index contributed by atoms with van der Waals surface area (Å²) < 4.78 is 0. The minimum Gasteiger partial charge on any atom is -0.323 e. The number of nitrogens with zero attached hydrogens (tertiary/aromatic N) is 2. The summed E-state index contributed by atoms with van der Waals surface area (Å²) in [4.78, 5) is 13.8. The summed E-state index contributed by atoms with van der Waals surface area (Å²) in [7, 11) is 0. The second-order valence-electron chi connectivity index (χ2n) is 3.09. The summed E-state index contributed by atoms with van der Waals surface area (Å²) in [6.45, 7) is 2.03. The fourth-order valence-corrected chi connectivity index (χ4v) is 1.18. The van der Waals surface area contributed by atoms with Crippen LogP contribution in [0.25, 0.3) is 0 Å². The summed E-state index contributed by atoms with van der Waals surface area (Å²) in [6, 6.07) is 2.91. The first-order valence-corrected chi connectivity index (χ1v) is 4.51. The maximum atomic E-state index is 10.3. The molecule has 0 spiro atoms. The second kappa shape index (κ2) is 4.66. The molecule has 76 valence electrons. The molecule has 1 heterocycles. The van der Waals surface area contributed by atoms with E-state index in [4.69, 9.17) is 5.73 Å². The average Bonchev–Trinajstić information content (AvgIpc) is 2.18. The van der Waals surface area contributed by atoms with E-state index in [1.807, 2.05) is 6.92 Å². The van der Waals surface area contributed by atoms with Crippen LogP contribution in [0.5, 0.6) is 0 Å². The van der Waals surface area contributed by atoms with Crippen LogP contribution in [0, 0.1) is 10.1 Å². The molecule has 0 fully saturated rings. The van der Waals surface area contributed by atoms with Gasteiger partial charge in [0.25, 0.3) is 5.69 Å². The fourth-order valence-electron chi connectivity index (χ4n) is 1.18. The van der Waals surface area contributed by atoms with Crippen molar-refractivity contribution >= 4 is 5.69 Å². The largest absolute Gasteiger partial charge is 0.323 e. The first kappa shape index (κ1) is 10.6. The van der Waals surface area contributed by atoms with Crippen LogP contribution in [0.2, 0.25) is 0 Å². The molecule has 5 nitrogen and oxygen atoms in total. The van der Waals surface area contributed by atoms with E-state index in [2.05, 4.69) is 4.98 Å². The Bertz CT molecular complexity index is 310. The van der Waals surface area contributed by atoms with Crippen LogP contribution < -0.4 is 5.73 Å². The fraction of sp³-hybridized carbons (Fsp3) is 0.444. The Morgan fingerprint density at radius 2 is 2.36 bits per heavy atom. The van der Waals surface area contributed by atoms with Crippen molar-refractivity contribution < 1.29 is 4.92 Å². The Morgan fingerprint density at radius 1 is 1.64 bits per heavy atom. The quantitative estimate of drug-likeness (QED) is 0.586. The van der Waals surface area contributed by atoms with Crippen LogP contribution in [0.3, 0.4) is 0 Å². The Kier molecular flexibility index (Phi) is 3.53. The SMILES string of the molecule is CCC[C@@H](N)c1ccc([N+](=O)[O-])cn1. The summed E-state index contributed by atoms with van der Waals surface area (Å²) >= 11 is 0. The zero-order valence-corrected chi connectivity index (χ0v) is 8.01. The number of nitro groups is 1. The van der Waals surface area contributed by atoms with E-state index in [0.717, 1.165) is 12.8 Å². The van der Waals surface area contributed by atoms with Gasteiger partial charge in [0.05, 0.1) is 10.6 Å². The molecule has 0 aromatic carbocycles. The maximum absolute atomic E-state index is 10.3. The molecule has 0 aliphatic rings. The molecule has 0 radical (unpaired) electrons. The normalized spacial score (nSPS) is 12.4. The molecule has 0 saturated carbocycles. The second-order valence-corrected chi connectivity index (χ2v) is 3.09. The highest BCUT2D eigenvalue weighted by Crippen LogP contribution is 2.16. The number of rotatable bonds is 4. The monoisotopic (exact) mass is 195 g/mol. The lowest BCUT2D eigenvalue weighted by molar-refractivity contribution is -0.385. The third kappa shape index (κ3) is 2.50. The van der Waals surface area contributed by atoms with Gasteiger partial charge in [0, 0.05) is 12.1 Å². The van der Waals surface area contributed by atoms with Crippen LogP contribution in [0.4, 0.5) is 5.69 Å². The molecule has 0 amide bonds. The summed E-state index contributed by atoms with van der Waals surface area (Å²) in [5.41, 5.74) is 6.50. The van der Waals surface area contributed by atoms with Crippen LogP contribution in [0.1, 0.15) is 31.5 Å². The lowest BCUT2D eigenvalue weighted by atomic mass is 10.1. The Labute approximate surface area is 82.1 Å². The minimum atomic E-state index is -0.470. The lowest BCUT2D eigenvalue weighted by Crippen LogP contribution is -2.11. The van der Waals surface area contributed by atoms with Crippen molar-refractivity contribution in [3.05, 3.63) is 34.1 Å². The molecule has 2 N–H and O–H groups in total. The summed E-state index contributed by atoms with van der Waals surface area (Å²) in [6.07, 6.45) is 3.05. The minimum absolute atomic E-state index is 0.00236. The molecule has 14 heavy (non-hydrogen) atoms. The smallest absolute Gasteiger partial charge is 0.287 e. The van der Waals surface area contributed by atoms with Gasteiger partial charge in [0.2, 0.25) is 0 Å². The average molecular weight is 195 g/mol. The highest BCUT2D eigenvalue weighted by Gasteiger charge is 2.09. The molecular formula is C9H13N3O2. The van der Waals surface area contributed by atoms with Crippen molar-refractivity contribution in [1.29, 1.82) is 0 Å². The van der Waals surface area contributed by atoms with Gasteiger partial charge in [-0.1, -0.05) is 13.3 Å². The molecule has 0 unspecified atom stereocenters. The van der Waals surface area contributed by atoms with Gasteiger partial charge < -0.3 is 5.73 Å². The predicted molar refractivity (Wildman–Crippen MR) is 52.7 cm³/mol. The number of hydrogen-bond donors (Lipinski definition) is 1. The molecule has 5 heteroatoms. The first-order chi connectivity index (χ1) is 6.65. The number of pyridine rings is 1. The highest BCUT2D eigenvalue weighted by atomic mass is 16.6. The third-order valence-electron chi connectivity index (χ3n) is 1.96. The van der Waals surface area contributed by atoms with Gasteiger partial charge in [0.15, 0.2) is 0 Å². The van der Waals surface area contributed by atoms with Crippen molar-refractivity contribution in [2.75, 3.05) is 0 Å². The summed E-state index contributed by atoms with van der Waals surface area (Å²) in [5.74, 6) is 0. The number of hydrogen-bond acceptors (Lipinski definition) is 4. The Balaban J connectivity index is 2.77. The van der Waals surface area contributed by atoms with Crippen LogP contribution in [-0.2, 0) is 0 Å². The van der Waals surface area contributed by atoms with Gasteiger partial charge in [0.1, 0.15) is 6.20 Å². The highest BCUT2D eigenvalue weighted by molar-refractivity contribution is 5.27. The van der Waals surface area contributed by atoms with E-state index in [-0.39, 0.29) is 11.7 Å². The zero-order valence-electron chi connectivity index (χ0n) is 8.01. The van der Waals surface area contributed by atoms with E-state index in [0.29, 0.717) is 5.69 Å². The maximum Gasteiger partial charge on any atom is 0.287 e. The van der Waals surface area contributed by atoms with Crippen molar-refractivity contribution in [2.45, 2.75) is 25.8 Å². The van der Waals surface area contributed by atoms with Gasteiger partial charge in [-0.25, -0.2) is 0 Å². The number of nitrogens with two attached hydrogens (primary N) is 1. The predicted octanol–water partition coefficient (Wildman–Crippen LogP) is 1.79. The third-order valence-corrected chi connectivity index (χ3v) is 1.96. The zero-order chi connectivity index (χ0) is 10.6. The van der Waals surface area contributed by atoms with Gasteiger partial charge in [-0.2, -0.15) is 0 Å². The topological polar surface area (TPSA) is 82.0 Å². The van der Waals surface area contributed by atoms with Crippen molar-refractivity contribution in [3.63, 3.8) is 0 Å². The van der Waals surface area contributed by atoms with Gasteiger partial charge in [-0.15, -0.1) is 0 Å². The van der Waals surface area contributed by atoms with Crippen LogP contribution in [0.15, 0.2) is 18.3 Å². The van der Waals surface area contributed by atoms with Gasteiger partial charge in [-0.05, 0) is 12.5 Å². The lowest BCUT2D eigenvalue weighted by Gasteiger charge is -2.08. The van der Waals surface area contributed by atoms with E-state index in [1.165, 1.54) is 12.3 Å². The molecule has 1 rings (SSSR count). The molecule has 1 aromatic heterocycles. The molecule has 1 atom stereocenters. The first-order valence-electron chi connectivity index (χ1n) is 4.51. The van der Waals surface area contributed by atoms with Gasteiger partial charge in [-0.3, -0.25) is 15.1 Å². The van der Waals surface area contributed by atoms with Crippen molar-refractivity contribution in [2.24, 2.45) is 5.73 Å². The van der Waals surface area contributed by atoms with E-state index < -0.39 is 4.92 Å². The van der Waals surface area contributed by atoms with Crippen LogP contribution in [-0.4, -0.2) is 9.91 Å². The van der Waals surface area contributed by atoms with Crippen molar-refractivity contribution in [3.8, 4) is 0 Å². The summed E-state index contributed by atoms with van der Waals surface area (Å²) in [5, 5.41) is 10.3. The van der Waals surface area contributed by atoms with Crippen LogP contribution >= 0.6 is 0 Å². The molecule has 0 aliphatic heterocycles. The molecule has 1 aromatic rings. The van der Waals surface area contributed by atoms with Gasteiger partial charge >= 0.3 is 0 Å². The standard InChI is InChI=1S/C9H13N3O2/c1-2-3-8(10)9-5-4-7(6-11-9)12(13)14/h4-6,8H,2-3,10H2,1H3/t8-/m1/s1. The van der Waals surface area contributed by atoms with E-state index in [9.17, 15) is 10.1 Å². The Morgan fingerprint density at radius 3 is 2.79 bits per heavy atom.